The molecule has 0 radical (unpaired) electrons. The van der Waals surface area contributed by atoms with Crippen molar-refractivity contribution in [2.75, 3.05) is 19.8 Å². The number of carbonyl (C=O) groups excluding carboxylic acids is 3. The highest BCUT2D eigenvalue weighted by Gasteiger charge is 2.32. The fourth-order valence-electron chi connectivity index (χ4n) is 4.48. The molecule has 222 valence electrons. The minimum atomic E-state index is -0.649. The van der Waals surface area contributed by atoms with Gasteiger partial charge < -0.3 is 20.1 Å². The van der Waals surface area contributed by atoms with E-state index in [0.717, 1.165) is 11.1 Å². The first-order valence-corrected chi connectivity index (χ1v) is 14.2. The van der Waals surface area contributed by atoms with Crippen molar-refractivity contribution < 1.29 is 24.2 Å². The van der Waals surface area contributed by atoms with E-state index in [4.69, 9.17) is 4.74 Å². The van der Waals surface area contributed by atoms with E-state index in [2.05, 4.69) is 18.5 Å². The molecule has 0 spiro atoms. The van der Waals surface area contributed by atoms with Gasteiger partial charge in [-0.2, -0.15) is 0 Å². The van der Waals surface area contributed by atoms with Crippen LogP contribution in [0.15, 0.2) is 86.0 Å². The molecule has 2 amide bonds. The molecule has 0 aliphatic heterocycles. The number of carbonyl (C=O) groups is 3. The number of benzene rings is 2. The maximum Gasteiger partial charge on any atom is 0.309 e. The molecule has 3 atom stereocenters. The zero-order chi connectivity index (χ0) is 30.3. The normalized spacial score (nSPS) is 13.4. The summed E-state index contributed by atoms with van der Waals surface area (Å²) in [4.78, 5) is 41.3. The summed E-state index contributed by atoms with van der Waals surface area (Å²) in [5.41, 5.74) is 1.56. The van der Waals surface area contributed by atoms with Crippen molar-refractivity contribution in [1.29, 1.82) is 0 Å². The maximum absolute atomic E-state index is 13.5. The van der Waals surface area contributed by atoms with Crippen molar-refractivity contribution in [3.63, 3.8) is 0 Å². The predicted molar refractivity (Wildman–Crippen MR) is 163 cm³/mol. The van der Waals surface area contributed by atoms with Crippen molar-refractivity contribution in [3.8, 4) is 0 Å². The van der Waals surface area contributed by atoms with Gasteiger partial charge in [-0.15, -0.1) is 13.2 Å². The van der Waals surface area contributed by atoms with Gasteiger partial charge in [0.1, 0.15) is 6.61 Å². The minimum absolute atomic E-state index is 0.00983. The van der Waals surface area contributed by atoms with Crippen LogP contribution in [0.4, 0.5) is 0 Å². The van der Waals surface area contributed by atoms with Crippen LogP contribution in [0.2, 0.25) is 0 Å². The summed E-state index contributed by atoms with van der Waals surface area (Å²) < 4.78 is 5.75. The summed E-state index contributed by atoms with van der Waals surface area (Å²) in [7, 11) is 0. The molecule has 0 aromatic heterocycles. The molecule has 0 heterocycles. The van der Waals surface area contributed by atoms with Gasteiger partial charge in [-0.3, -0.25) is 14.4 Å². The Morgan fingerprint density at radius 3 is 2.02 bits per heavy atom. The van der Waals surface area contributed by atoms with Gasteiger partial charge in [0.15, 0.2) is 0 Å². The van der Waals surface area contributed by atoms with E-state index in [1.807, 2.05) is 81.4 Å². The molecule has 0 fully saturated rings. The molecular weight excluding hydrogens is 516 g/mol. The van der Waals surface area contributed by atoms with Crippen LogP contribution >= 0.6 is 0 Å². The van der Waals surface area contributed by atoms with E-state index >= 15 is 0 Å². The molecule has 2 rings (SSSR count). The Kier molecular flexibility index (Phi) is 14.0. The summed E-state index contributed by atoms with van der Waals surface area (Å²) in [6.07, 6.45) is 4.64. The van der Waals surface area contributed by atoms with Crippen LogP contribution in [0, 0.1) is 17.3 Å². The second-order valence-electron chi connectivity index (χ2n) is 11.4. The van der Waals surface area contributed by atoms with Gasteiger partial charge in [-0.1, -0.05) is 93.6 Å². The fourth-order valence-corrected chi connectivity index (χ4v) is 4.48. The number of esters is 1. The number of ether oxygens (including phenoxy) is 1. The maximum atomic E-state index is 13.5. The van der Waals surface area contributed by atoms with E-state index in [0.29, 0.717) is 25.8 Å². The molecule has 41 heavy (non-hydrogen) atoms. The largest absolute Gasteiger partial charge is 0.463 e. The second kappa shape index (κ2) is 17.2. The lowest BCUT2D eigenvalue weighted by Crippen LogP contribution is -2.50. The average molecular weight is 563 g/mol. The van der Waals surface area contributed by atoms with E-state index in [1.54, 1.807) is 17.1 Å². The topological polar surface area (TPSA) is 95.9 Å². The summed E-state index contributed by atoms with van der Waals surface area (Å²) in [6, 6.07) is 18.8. The zero-order valence-corrected chi connectivity index (χ0v) is 24.8. The fraction of sp³-hybridized carbons (Fsp3) is 0.441. The van der Waals surface area contributed by atoms with Crippen LogP contribution < -0.4 is 5.32 Å². The van der Waals surface area contributed by atoms with Crippen molar-refractivity contribution >= 4 is 17.8 Å². The van der Waals surface area contributed by atoms with Gasteiger partial charge in [0.25, 0.3) is 0 Å². The third kappa shape index (κ3) is 11.7. The molecule has 2 N–H and O–H groups in total. The number of aliphatic hydroxyl groups excluding tert-OH is 1. The molecule has 0 bridgehead atoms. The highest BCUT2D eigenvalue weighted by molar-refractivity contribution is 5.86. The third-order valence-electron chi connectivity index (χ3n) is 7.05. The van der Waals surface area contributed by atoms with Crippen LogP contribution in [0.5, 0.6) is 0 Å². The third-order valence-corrected chi connectivity index (χ3v) is 7.05. The summed E-state index contributed by atoms with van der Waals surface area (Å²) in [6.45, 7) is 13.8. The number of allylic oxidation sites excluding steroid dienone is 2. The second-order valence-corrected chi connectivity index (χ2v) is 11.4. The first-order chi connectivity index (χ1) is 19.6. The van der Waals surface area contributed by atoms with Gasteiger partial charge in [-0.25, -0.2) is 0 Å². The quantitative estimate of drug-likeness (QED) is 0.207. The Labute approximate surface area is 245 Å². The first-order valence-electron chi connectivity index (χ1n) is 14.2. The number of hydrogen-bond donors (Lipinski definition) is 2. The van der Waals surface area contributed by atoms with Crippen LogP contribution in [0.3, 0.4) is 0 Å². The average Bonchev–Trinajstić information content (AvgIpc) is 2.94. The van der Waals surface area contributed by atoms with E-state index in [-0.39, 0.29) is 49.9 Å². The van der Waals surface area contributed by atoms with Gasteiger partial charge >= 0.3 is 5.97 Å². The number of nitrogens with one attached hydrogen (secondary N) is 1. The summed E-state index contributed by atoms with van der Waals surface area (Å²) in [5.74, 6) is -1.89. The van der Waals surface area contributed by atoms with E-state index in [1.165, 1.54) is 0 Å². The Bertz CT molecular complexity index is 1110. The Morgan fingerprint density at radius 2 is 1.49 bits per heavy atom. The first kappa shape index (κ1) is 33.5. The van der Waals surface area contributed by atoms with Gasteiger partial charge in [0.05, 0.1) is 24.5 Å². The van der Waals surface area contributed by atoms with E-state index < -0.39 is 17.4 Å². The Hall–Kier alpha value is -3.71. The highest BCUT2D eigenvalue weighted by Crippen LogP contribution is 2.23. The molecular formula is C34H46N2O5. The van der Waals surface area contributed by atoms with Crippen molar-refractivity contribution in [2.24, 2.45) is 17.3 Å². The monoisotopic (exact) mass is 562 g/mol. The molecule has 0 saturated heterocycles. The lowest BCUT2D eigenvalue weighted by molar-refractivity contribution is -0.151. The zero-order valence-electron chi connectivity index (χ0n) is 24.8. The van der Waals surface area contributed by atoms with Crippen LogP contribution in [0.25, 0.3) is 0 Å². The number of amides is 2. The Morgan fingerprint density at radius 1 is 0.927 bits per heavy atom. The lowest BCUT2D eigenvalue weighted by atomic mass is 9.86. The summed E-state index contributed by atoms with van der Waals surface area (Å²) in [5, 5.41) is 12.6. The predicted octanol–water partition coefficient (Wildman–Crippen LogP) is 5.10. The number of aliphatic hydroxyl groups is 1. The van der Waals surface area contributed by atoms with Gasteiger partial charge in [0, 0.05) is 19.5 Å². The molecule has 0 saturated carbocycles. The van der Waals surface area contributed by atoms with Crippen molar-refractivity contribution in [1.82, 2.24) is 10.2 Å². The van der Waals surface area contributed by atoms with Crippen LogP contribution in [-0.4, -0.2) is 53.6 Å². The van der Waals surface area contributed by atoms with Gasteiger partial charge in [0.2, 0.25) is 11.8 Å². The highest BCUT2D eigenvalue weighted by atomic mass is 16.5. The van der Waals surface area contributed by atoms with E-state index in [9.17, 15) is 19.5 Å². The van der Waals surface area contributed by atoms with Crippen LogP contribution in [0.1, 0.15) is 51.2 Å². The SMILES string of the molecule is C=CCC(CC(=O)N(CCO)Cc1ccccc1)C(=O)NC(COC(=O)C(CC=C)Cc1ccccc1)C(C)(C)C. The molecule has 0 aliphatic carbocycles. The van der Waals surface area contributed by atoms with Gasteiger partial charge in [-0.05, 0) is 35.8 Å². The standard InChI is InChI=1S/C34H46N2O5/c1-6-14-28(23-31(38)36(20-21-37)24-27-18-12-9-13-19-27)32(39)35-30(34(3,4)5)25-41-33(40)29(15-7-2)22-26-16-10-8-11-17-26/h6-13,16-19,28-30,37H,1-2,14-15,20-25H2,3-5H3,(H,35,39). The molecule has 2 aromatic carbocycles. The molecule has 0 aliphatic rings. The van der Waals surface area contributed by atoms with Crippen molar-refractivity contribution in [3.05, 3.63) is 97.1 Å². The number of rotatable bonds is 17. The molecule has 2 aromatic rings. The van der Waals surface area contributed by atoms with Crippen molar-refractivity contribution in [2.45, 2.75) is 59.0 Å². The molecule has 7 nitrogen and oxygen atoms in total. The number of nitrogens with zero attached hydrogens (tertiary/aromatic N) is 1. The lowest BCUT2D eigenvalue weighted by Gasteiger charge is -2.33. The smallest absolute Gasteiger partial charge is 0.309 e. The summed E-state index contributed by atoms with van der Waals surface area (Å²) >= 11 is 0. The number of hydrogen-bond acceptors (Lipinski definition) is 5. The molecule has 7 heteroatoms. The van der Waals surface area contributed by atoms with Crippen LogP contribution in [-0.2, 0) is 32.1 Å². The Balaban J connectivity index is 2.08. The molecule has 3 unspecified atom stereocenters. The minimum Gasteiger partial charge on any atom is -0.463 e.